The van der Waals surface area contributed by atoms with E-state index in [1.807, 2.05) is 0 Å². The zero-order chi connectivity index (χ0) is 11.9. The van der Waals surface area contributed by atoms with Crippen LogP contribution in [-0.2, 0) is 6.18 Å². The van der Waals surface area contributed by atoms with Crippen LogP contribution in [0.2, 0.25) is 0 Å². The van der Waals surface area contributed by atoms with E-state index in [0.717, 1.165) is 17.4 Å². The predicted octanol–water partition coefficient (Wildman–Crippen LogP) is 3.95. The summed E-state index contributed by atoms with van der Waals surface area (Å²) in [5, 5.41) is 8.63. The molecule has 0 spiro atoms. The van der Waals surface area contributed by atoms with Crippen LogP contribution in [0.1, 0.15) is 10.6 Å². The Hall–Kier alpha value is -1.13. The monoisotopic (exact) mass is 306 g/mol. The Kier molecular flexibility index (Phi) is 2.64. The third kappa shape index (κ3) is 1.90. The highest BCUT2D eigenvalue weighted by atomic mass is 79.9. The lowest BCUT2D eigenvalue weighted by molar-refractivity contribution is -0.136. The summed E-state index contributed by atoms with van der Waals surface area (Å²) >= 11 is 3.74. The quantitative estimate of drug-likeness (QED) is 0.739. The van der Waals surface area contributed by atoms with Crippen molar-refractivity contribution >= 4 is 37.5 Å². The van der Waals surface area contributed by atoms with Crippen LogP contribution < -0.4 is 0 Å². The minimum Gasteiger partial charge on any atom is -0.226 e. The Morgan fingerprint density at radius 1 is 1.38 bits per heavy atom. The maximum Gasteiger partial charge on any atom is 0.417 e. The molecule has 2 aromatic rings. The predicted molar refractivity (Wildman–Crippen MR) is 57.0 cm³/mol. The molecule has 0 atom stereocenters. The highest BCUT2D eigenvalue weighted by Gasteiger charge is 2.34. The second-order valence-corrected chi connectivity index (χ2v) is 4.84. The first-order chi connectivity index (χ1) is 7.41. The molecule has 0 fully saturated rings. The summed E-state index contributed by atoms with van der Waals surface area (Å²) in [6.07, 6.45) is -4.44. The highest BCUT2D eigenvalue weighted by Crippen LogP contribution is 2.39. The SMILES string of the molecule is N#Cc1nc2cc(Br)cc(C(F)(F)F)c2s1. The van der Waals surface area contributed by atoms with Crippen molar-refractivity contribution in [1.29, 1.82) is 5.26 Å². The molecule has 0 saturated carbocycles. The molecule has 0 aliphatic heterocycles. The molecule has 0 unspecified atom stereocenters. The molecular weight excluding hydrogens is 305 g/mol. The van der Waals surface area contributed by atoms with Crippen molar-refractivity contribution < 1.29 is 13.2 Å². The average Bonchev–Trinajstić information content (AvgIpc) is 2.57. The molecule has 0 amide bonds. The molecule has 82 valence electrons. The van der Waals surface area contributed by atoms with Gasteiger partial charge in [-0.2, -0.15) is 18.4 Å². The van der Waals surface area contributed by atoms with Crippen molar-refractivity contribution in [3.63, 3.8) is 0 Å². The first-order valence-electron chi connectivity index (χ1n) is 3.99. The van der Waals surface area contributed by atoms with Gasteiger partial charge in [0.15, 0.2) is 5.01 Å². The largest absolute Gasteiger partial charge is 0.417 e. The lowest BCUT2D eigenvalue weighted by atomic mass is 10.2. The van der Waals surface area contributed by atoms with Gasteiger partial charge in [0.05, 0.1) is 15.8 Å². The zero-order valence-corrected chi connectivity index (χ0v) is 9.87. The Labute approximate surface area is 100 Å². The fourth-order valence-corrected chi connectivity index (χ4v) is 2.58. The van der Waals surface area contributed by atoms with Crippen molar-refractivity contribution in [3.8, 4) is 6.07 Å². The molecule has 1 aromatic carbocycles. The van der Waals surface area contributed by atoms with Gasteiger partial charge in [-0.15, -0.1) is 11.3 Å². The van der Waals surface area contributed by atoms with Gasteiger partial charge in [0.25, 0.3) is 0 Å². The summed E-state index contributed by atoms with van der Waals surface area (Å²) in [6, 6.07) is 4.19. The fraction of sp³-hybridized carbons (Fsp3) is 0.111. The van der Waals surface area contributed by atoms with E-state index in [1.165, 1.54) is 6.07 Å². The first kappa shape index (κ1) is 11.4. The summed E-state index contributed by atoms with van der Waals surface area (Å²) in [4.78, 5) is 3.79. The zero-order valence-electron chi connectivity index (χ0n) is 7.47. The van der Waals surface area contributed by atoms with Gasteiger partial charge in [-0.25, -0.2) is 4.98 Å². The summed E-state index contributed by atoms with van der Waals surface area (Å²) < 4.78 is 38.3. The van der Waals surface area contributed by atoms with Crippen LogP contribution in [-0.4, -0.2) is 4.98 Å². The maximum absolute atomic E-state index is 12.7. The average molecular weight is 307 g/mol. The molecule has 7 heteroatoms. The molecule has 1 aromatic heterocycles. The molecule has 0 aliphatic rings. The molecule has 0 radical (unpaired) electrons. The number of alkyl halides is 3. The van der Waals surface area contributed by atoms with Crippen LogP contribution in [0.15, 0.2) is 16.6 Å². The molecule has 2 nitrogen and oxygen atoms in total. The Bertz CT molecular complexity index is 597. The molecule has 2 rings (SSSR count). The van der Waals surface area contributed by atoms with Gasteiger partial charge < -0.3 is 0 Å². The Morgan fingerprint density at radius 2 is 2.06 bits per heavy atom. The number of nitriles is 1. The number of fused-ring (bicyclic) bond motifs is 1. The van der Waals surface area contributed by atoms with E-state index < -0.39 is 11.7 Å². The van der Waals surface area contributed by atoms with Gasteiger partial charge in [-0.3, -0.25) is 0 Å². The van der Waals surface area contributed by atoms with Gasteiger partial charge in [-0.1, -0.05) is 15.9 Å². The van der Waals surface area contributed by atoms with E-state index in [0.29, 0.717) is 4.47 Å². The van der Waals surface area contributed by atoms with Crippen molar-refractivity contribution in [3.05, 3.63) is 27.2 Å². The van der Waals surface area contributed by atoms with E-state index in [1.54, 1.807) is 6.07 Å². The standard InChI is InChI=1S/C9H2BrF3N2S/c10-4-1-5(9(11,12)13)8-6(2-4)15-7(3-14)16-8/h1-2H. The van der Waals surface area contributed by atoms with Crippen LogP contribution in [0.5, 0.6) is 0 Å². The first-order valence-corrected chi connectivity index (χ1v) is 5.60. The van der Waals surface area contributed by atoms with E-state index in [9.17, 15) is 13.2 Å². The van der Waals surface area contributed by atoms with Crippen LogP contribution >= 0.6 is 27.3 Å². The number of nitrogens with zero attached hydrogens (tertiary/aromatic N) is 2. The summed E-state index contributed by atoms with van der Waals surface area (Å²) in [5.41, 5.74) is -0.584. The number of benzene rings is 1. The van der Waals surface area contributed by atoms with E-state index in [4.69, 9.17) is 5.26 Å². The number of hydrogen-bond acceptors (Lipinski definition) is 3. The van der Waals surface area contributed by atoms with Gasteiger partial charge >= 0.3 is 6.18 Å². The maximum atomic E-state index is 12.7. The number of aromatic nitrogens is 1. The summed E-state index contributed by atoms with van der Waals surface area (Å²) in [6.45, 7) is 0. The molecule has 0 aliphatic carbocycles. The minimum absolute atomic E-state index is 0.00718. The Balaban J connectivity index is 2.83. The van der Waals surface area contributed by atoms with E-state index in [2.05, 4.69) is 20.9 Å². The van der Waals surface area contributed by atoms with Crippen LogP contribution in [0, 0.1) is 11.3 Å². The van der Waals surface area contributed by atoms with Crippen LogP contribution in [0.4, 0.5) is 13.2 Å². The van der Waals surface area contributed by atoms with Crippen molar-refractivity contribution in [2.24, 2.45) is 0 Å². The van der Waals surface area contributed by atoms with Crippen LogP contribution in [0.25, 0.3) is 10.2 Å². The van der Waals surface area contributed by atoms with E-state index in [-0.39, 0.29) is 15.2 Å². The normalized spacial score (nSPS) is 11.7. The number of thiazole rings is 1. The molecule has 16 heavy (non-hydrogen) atoms. The second-order valence-electron chi connectivity index (χ2n) is 2.93. The smallest absolute Gasteiger partial charge is 0.226 e. The lowest BCUT2D eigenvalue weighted by Crippen LogP contribution is -2.04. The number of halogens is 4. The summed E-state index contributed by atoms with van der Waals surface area (Å²) in [7, 11) is 0. The van der Waals surface area contributed by atoms with Crippen molar-refractivity contribution in [2.75, 3.05) is 0 Å². The topological polar surface area (TPSA) is 36.7 Å². The molecular formula is C9H2BrF3N2S. The minimum atomic E-state index is -4.44. The van der Waals surface area contributed by atoms with Gasteiger partial charge in [0.2, 0.25) is 0 Å². The highest BCUT2D eigenvalue weighted by molar-refractivity contribution is 9.10. The third-order valence-corrected chi connectivity index (χ3v) is 3.32. The summed E-state index contributed by atoms with van der Waals surface area (Å²) in [5.74, 6) is 0. The van der Waals surface area contributed by atoms with Gasteiger partial charge in [0.1, 0.15) is 6.07 Å². The molecule has 0 N–H and O–H groups in total. The number of rotatable bonds is 0. The van der Waals surface area contributed by atoms with Crippen LogP contribution in [0.3, 0.4) is 0 Å². The van der Waals surface area contributed by atoms with Gasteiger partial charge in [0, 0.05) is 4.47 Å². The van der Waals surface area contributed by atoms with Crippen molar-refractivity contribution in [1.82, 2.24) is 4.98 Å². The van der Waals surface area contributed by atoms with Crippen molar-refractivity contribution in [2.45, 2.75) is 6.18 Å². The molecule has 0 saturated heterocycles. The van der Waals surface area contributed by atoms with E-state index >= 15 is 0 Å². The van der Waals surface area contributed by atoms with Gasteiger partial charge in [-0.05, 0) is 12.1 Å². The molecule has 0 bridgehead atoms. The second kappa shape index (κ2) is 3.71. The Morgan fingerprint density at radius 3 is 2.62 bits per heavy atom. The fourth-order valence-electron chi connectivity index (χ4n) is 1.26. The number of hydrogen-bond donors (Lipinski definition) is 0. The third-order valence-electron chi connectivity index (χ3n) is 1.86. The lowest BCUT2D eigenvalue weighted by Gasteiger charge is -2.07. The molecule has 1 heterocycles.